The van der Waals surface area contributed by atoms with Gasteiger partial charge < -0.3 is 15.0 Å². The van der Waals surface area contributed by atoms with Gasteiger partial charge in [-0.3, -0.25) is 9.59 Å². The molecule has 2 amide bonds. The lowest BCUT2D eigenvalue weighted by atomic mass is 9.88. The van der Waals surface area contributed by atoms with E-state index < -0.39 is 40.1 Å². The molecule has 1 N–H and O–H groups in total. The minimum Gasteiger partial charge on any atom is -0.435 e. The summed E-state index contributed by atoms with van der Waals surface area (Å²) in [4.78, 5) is 27.0. The molecule has 0 saturated carbocycles. The van der Waals surface area contributed by atoms with E-state index in [0.717, 1.165) is 6.26 Å². The van der Waals surface area contributed by atoms with Crippen molar-refractivity contribution in [2.75, 3.05) is 25.2 Å². The van der Waals surface area contributed by atoms with Gasteiger partial charge in [0.2, 0.25) is 11.8 Å². The normalized spacial score (nSPS) is 19.2. The van der Waals surface area contributed by atoms with Crippen LogP contribution in [0.15, 0.2) is 53.4 Å². The molecule has 1 saturated heterocycles. The summed E-state index contributed by atoms with van der Waals surface area (Å²) >= 11 is 0. The zero-order chi connectivity index (χ0) is 22.1. The summed E-state index contributed by atoms with van der Waals surface area (Å²) in [5, 5.41) is 2.56. The van der Waals surface area contributed by atoms with Gasteiger partial charge in [0.1, 0.15) is 11.7 Å². The Bertz CT molecular complexity index is 1060. The van der Waals surface area contributed by atoms with E-state index in [1.807, 2.05) is 0 Å². The summed E-state index contributed by atoms with van der Waals surface area (Å²) < 4.78 is 53.0. The Kier molecular flexibility index (Phi) is 6.06. The molecular formula is C20H20F2N2O5S. The number of benzene rings is 2. The smallest absolute Gasteiger partial charge is 0.387 e. The molecule has 0 spiro atoms. The molecule has 0 radical (unpaired) electrons. The summed E-state index contributed by atoms with van der Waals surface area (Å²) in [6.45, 7) is -2.71. The van der Waals surface area contributed by atoms with Crippen LogP contribution in [0.1, 0.15) is 11.5 Å². The lowest BCUT2D eigenvalue weighted by Crippen LogP contribution is -2.33. The molecule has 2 aromatic rings. The minimum absolute atomic E-state index is 0.0329. The molecule has 0 bridgehead atoms. The molecule has 1 aliphatic heterocycles. The number of likely N-dealkylation sites (N-methyl/N-ethyl adjacent to an activating group) is 1. The first-order valence-corrected chi connectivity index (χ1v) is 10.9. The number of halogens is 2. The second-order valence-electron chi connectivity index (χ2n) is 7.01. The first-order valence-electron chi connectivity index (χ1n) is 8.97. The number of sulfone groups is 1. The third-order valence-electron chi connectivity index (χ3n) is 4.88. The number of hydrogen-bond donors (Lipinski definition) is 1. The molecule has 0 aliphatic carbocycles. The molecule has 1 fully saturated rings. The van der Waals surface area contributed by atoms with Crippen molar-refractivity contribution >= 4 is 27.3 Å². The number of para-hydroxylation sites is 1. The topological polar surface area (TPSA) is 92.8 Å². The Labute approximate surface area is 172 Å². The van der Waals surface area contributed by atoms with E-state index in [1.165, 1.54) is 47.4 Å². The highest BCUT2D eigenvalue weighted by Gasteiger charge is 2.44. The van der Waals surface area contributed by atoms with Gasteiger partial charge in [0, 0.05) is 25.8 Å². The predicted octanol–water partition coefficient (Wildman–Crippen LogP) is 2.50. The number of likely N-dealkylation sites (tertiary alicyclic amines) is 1. The van der Waals surface area contributed by atoms with Gasteiger partial charge in [-0.05, 0) is 29.8 Å². The van der Waals surface area contributed by atoms with E-state index in [1.54, 1.807) is 13.1 Å². The zero-order valence-electron chi connectivity index (χ0n) is 16.2. The number of anilines is 1. The lowest BCUT2D eigenvalue weighted by molar-refractivity contribution is -0.135. The quantitative estimate of drug-likeness (QED) is 0.700. The number of alkyl halides is 2. The number of hydrogen-bond acceptors (Lipinski definition) is 5. The molecule has 160 valence electrons. The van der Waals surface area contributed by atoms with E-state index >= 15 is 0 Å². The van der Waals surface area contributed by atoms with Gasteiger partial charge in [0.15, 0.2) is 9.84 Å². The first kappa shape index (κ1) is 21.7. The van der Waals surface area contributed by atoms with Gasteiger partial charge in [-0.1, -0.05) is 24.3 Å². The molecule has 0 aromatic heterocycles. The van der Waals surface area contributed by atoms with Crippen LogP contribution >= 0.6 is 0 Å². The number of carbonyl (C=O) groups is 2. The van der Waals surface area contributed by atoms with Crippen LogP contribution in [0.3, 0.4) is 0 Å². The van der Waals surface area contributed by atoms with Gasteiger partial charge in [0.25, 0.3) is 0 Å². The molecular weight excluding hydrogens is 418 g/mol. The van der Waals surface area contributed by atoms with Crippen LogP contribution < -0.4 is 10.1 Å². The molecule has 30 heavy (non-hydrogen) atoms. The fourth-order valence-corrected chi connectivity index (χ4v) is 4.34. The maximum absolute atomic E-state index is 13.0. The summed E-state index contributed by atoms with van der Waals surface area (Å²) in [5.74, 6) is -2.71. The molecule has 1 heterocycles. The zero-order valence-corrected chi connectivity index (χ0v) is 17.0. The van der Waals surface area contributed by atoms with Crippen LogP contribution in [0.25, 0.3) is 0 Å². The number of carbonyl (C=O) groups excluding carboxylic acids is 2. The lowest BCUT2D eigenvalue weighted by Gasteiger charge is -2.18. The van der Waals surface area contributed by atoms with Crippen molar-refractivity contribution in [3.05, 3.63) is 54.1 Å². The maximum Gasteiger partial charge on any atom is 0.387 e. The summed E-state index contributed by atoms with van der Waals surface area (Å²) in [5.41, 5.74) is 0.692. The fourth-order valence-electron chi connectivity index (χ4n) is 3.49. The van der Waals surface area contributed by atoms with Gasteiger partial charge >= 0.3 is 6.61 Å². The van der Waals surface area contributed by atoms with Crippen LogP contribution in [0.4, 0.5) is 14.5 Å². The Morgan fingerprint density at radius 3 is 2.40 bits per heavy atom. The second kappa shape index (κ2) is 8.39. The van der Waals surface area contributed by atoms with Crippen LogP contribution in [0, 0.1) is 5.92 Å². The average molecular weight is 438 g/mol. The van der Waals surface area contributed by atoms with E-state index in [4.69, 9.17) is 0 Å². The number of nitrogens with zero attached hydrogens (tertiary/aromatic N) is 1. The monoisotopic (exact) mass is 438 g/mol. The molecule has 0 unspecified atom stereocenters. The molecule has 7 nitrogen and oxygen atoms in total. The highest BCUT2D eigenvalue weighted by Crippen LogP contribution is 2.35. The van der Waals surface area contributed by atoms with Crippen LogP contribution in [-0.4, -0.2) is 51.6 Å². The van der Waals surface area contributed by atoms with Crippen molar-refractivity contribution in [1.82, 2.24) is 4.90 Å². The standard InChI is InChI=1S/C20H20F2N2O5S/c1-24-11-14(12-7-9-13(10-8-12)29-20(21)22)17(19(24)26)18(25)23-15-5-3-4-6-16(15)30(2,27)28/h3-10,14,17,20H,11H2,1-2H3,(H,23,25)/t14-,17+/m1/s1. The van der Waals surface area contributed by atoms with E-state index in [-0.39, 0.29) is 22.9 Å². The van der Waals surface area contributed by atoms with E-state index in [9.17, 15) is 26.8 Å². The minimum atomic E-state index is -3.59. The number of amides is 2. The summed E-state index contributed by atoms with van der Waals surface area (Å²) in [7, 11) is -2.04. The highest BCUT2D eigenvalue weighted by molar-refractivity contribution is 7.90. The molecule has 3 rings (SSSR count). The van der Waals surface area contributed by atoms with Crippen molar-refractivity contribution in [3.63, 3.8) is 0 Å². The molecule has 1 aliphatic rings. The van der Waals surface area contributed by atoms with Crippen LogP contribution in [0.2, 0.25) is 0 Å². The van der Waals surface area contributed by atoms with Crippen molar-refractivity contribution in [3.8, 4) is 5.75 Å². The average Bonchev–Trinajstić information content (AvgIpc) is 2.96. The van der Waals surface area contributed by atoms with Crippen molar-refractivity contribution in [2.24, 2.45) is 5.92 Å². The first-order chi connectivity index (χ1) is 14.1. The van der Waals surface area contributed by atoms with Crippen molar-refractivity contribution in [1.29, 1.82) is 0 Å². The summed E-state index contributed by atoms with van der Waals surface area (Å²) in [6, 6.07) is 11.7. The van der Waals surface area contributed by atoms with Crippen molar-refractivity contribution in [2.45, 2.75) is 17.4 Å². The fraction of sp³-hybridized carbons (Fsp3) is 0.300. The van der Waals surface area contributed by atoms with Gasteiger partial charge in [-0.25, -0.2) is 8.42 Å². The second-order valence-corrected chi connectivity index (χ2v) is 8.99. The summed E-state index contributed by atoms with van der Waals surface area (Å²) in [6.07, 6.45) is 1.03. The Morgan fingerprint density at radius 2 is 1.80 bits per heavy atom. The predicted molar refractivity (Wildman–Crippen MR) is 105 cm³/mol. The Balaban J connectivity index is 1.88. The number of nitrogens with one attached hydrogen (secondary N) is 1. The third kappa shape index (κ3) is 4.59. The van der Waals surface area contributed by atoms with Gasteiger partial charge in [0.05, 0.1) is 10.6 Å². The largest absolute Gasteiger partial charge is 0.435 e. The van der Waals surface area contributed by atoms with Crippen LogP contribution in [0.5, 0.6) is 5.75 Å². The Morgan fingerprint density at radius 1 is 1.17 bits per heavy atom. The molecule has 2 atom stereocenters. The molecule has 2 aromatic carbocycles. The van der Waals surface area contributed by atoms with Gasteiger partial charge in [-0.2, -0.15) is 8.78 Å². The maximum atomic E-state index is 13.0. The van der Waals surface area contributed by atoms with Gasteiger partial charge in [-0.15, -0.1) is 0 Å². The third-order valence-corrected chi connectivity index (χ3v) is 6.03. The SMILES string of the molecule is CN1C[C@H](c2ccc(OC(F)F)cc2)[C@@H](C(=O)Nc2ccccc2S(C)(=O)=O)C1=O. The highest BCUT2D eigenvalue weighted by atomic mass is 32.2. The van der Waals surface area contributed by atoms with Crippen LogP contribution in [-0.2, 0) is 19.4 Å². The number of ether oxygens (including phenoxy) is 1. The van der Waals surface area contributed by atoms with E-state index in [0.29, 0.717) is 5.56 Å². The molecule has 10 heteroatoms. The Hall–Kier alpha value is -3.01. The number of rotatable bonds is 6. The van der Waals surface area contributed by atoms with Crippen molar-refractivity contribution < 1.29 is 31.5 Å². The van der Waals surface area contributed by atoms with E-state index in [2.05, 4.69) is 10.1 Å².